The SMILES string of the molecule is CC(C)(C)CC(=O)Nc1ccccc1N1CCCN(Cc2ccc(F)cc2)C1=O. The quantitative estimate of drug-likeness (QED) is 0.769. The summed E-state index contributed by atoms with van der Waals surface area (Å²) in [6.45, 7) is 7.70. The van der Waals surface area contributed by atoms with E-state index in [4.69, 9.17) is 0 Å². The smallest absolute Gasteiger partial charge is 0.324 e. The summed E-state index contributed by atoms with van der Waals surface area (Å²) < 4.78 is 13.2. The number of hydrogen-bond donors (Lipinski definition) is 1. The van der Waals surface area contributed by atoms with Gasteiger partial charge in [-0.3, -0.25) is 9.69 Å². The Morgan fingerprint density at radius 2 is 1.76 bits per heavy atom. The summed E-state index contributed by atoms with van der Waals surface area (Å²) in [7, 11) is 0. The predicted octanol–water partition coefficient (Wildman–Crippen LogP) is 5.03. The minimum Gasteiger partial charge on any atom is -0.324 e. The lowest BCUT2D eigenvalue weighted by Gasteiger charge is -2.36. The summed E-state index contributed by atoms with van der Waals surface area (Å²) in [6, 6.07) is 13.5. The molecule has 1 saturated heterocycles. The molecule has 0 spiro atoms. The first-order valence-corrected chi connectivity index (χ1v) is 9.93. The van der Waals surface area contributed by atoms with E-state index < -0.39 is 0 Å². The van der Waals surface area contributed by atoms with Crippen LogP contribution >= 0.6 is 0 Å². The van der Waals surface area contributed by atoms with Crippen LogP contribution in [-0.4, -0.2) is 29.9 Å². The second-order valence-corrected chi connectivity index (χ2v) is 8.64. The van der Waals surface area contributed by atoms with Crippen molar-refractivity contribution in [1.29, 1.82) is 0 Å². The molecule has 2 aromatic rings. The zero-order valence-corrected chi connectivity index (χ0v) is 17.2. The predicted molar refractivity (Wildman–Crippen MR) is 113 cm³/mol. The van der Waals surface area contributed by atoms with Gasteiger partial charge in [0.2, 0.25) is 5.91 Å². The Balaban J connectivity index is 1.76. The Hall–Kier alpha value is -2.89. The van der Waals surface area contributed by atoms with Gasteiger partial charge in [0.05, 0.1) is 11.4 Å². The van der Waals surface area contributed by atoms with Crippen molar-refractivity contribution >= 4 is 23.3 Å². The van der Waals surface area contributed by atoms with Crippen LogP contribution in [0.4, 0.5) is 20.6 Å². The third kappa shape index (κ3) is 5.56. The molecule has 3 amide bonds. The number of benzene rings is 2. The number of hydrogen-bond acceptors (Lipinski definition) is 2. The van der Waals surface area contributed by atoms with E-state index in [0.29, 0.717) is 37.4 Å². The van der Waals surface area contributed by atoms with E-state index in [2.05, 4.69) is 5.32 Å². The summed E-state index contributed by atoms with van der Waals surface area (Å²) in [5, 5.41) is 2.96. The van der Waals surface area contributed by atoms with Gasteiger partial charge in [-0.2, -0.15) is 0 Å². The molecular weight excluding hydrogens is 369 g/mol. The van der Waals surface area contributed by atoms with Crippen LogP contribution < -0.4 is 10.2 Å². The van der Waals surface area contributed by atoms with Gasteiger partial charge in [-0.15, -0.1) is 0 Å². The van der Waals surface area contributed by atoms with Crippen LogP contribution in [0.15, 0.2) is 48.5 Å². The van der Waals surface area contributed by atoms with Crippen molar-refractivity contribution in [3.05, 3.63) is 59.9 Å². The summed E-state index contributed by atoms with van der Waals surface area (Å²) in [5.74, 6) is -0.363. The maximum absolute atomic E-state index is 13.2. The lowest BCUT2D eigenvalue weighted by atomic mass is 9.92. The van der Waals surface area contributed by atoms with E-state index in [9.17, 15) is 14.0 Å². The molecule has 3 rings (SSSR count). The molecule has 6 heteroatoms. The first-order chi connectivity index (χ1) is 13.7. The molecule has 1 aliphatic rings. The molecule has 0 saturated carbocycles. The van der Waals surface area contributed by atoms with E-state index in [1.54, 1.807) is 21.9 Å². The summed E-state index contributed by atoms with van der Waals surface area (Å²) in [6.07, 6.45) is 1.21. The van der Waals surface area contributed by atoms with Crippen LogP contribution in [0.2, 0.25) is 0 Å². The minimum absolute atomic E-state index is 0.0717. The van der Waals surface area contributed by atoms with Gasteiger partial charge in [-0.25, -0.2) is 9.18 Å². The van der Waals surface area contributed by atoms with Gasteiger partial charge in [0.1, 0.15) is 5.82 Å². The van der Waals surface area contributed by atoms with Gasteiger partial charge in [0.15, 0.2) is 0 Å². The van der Waals surface area contributed by atoms with E-state index in [1.165, 1.54) is 12.1 Å². The largest absolute Gasteiger partial charge is 0.324 e. The van der Waals surface area contributed by atoms with Crippen LogP contribution in [-0.2, 0) is 11.3 Å². The van der Waals surface area contributed by atoms with Crippen molar-refractivity contribution in [1.82, 2.24) is 4.90 Å². The lowest BCUT2D eigenvalue weighted by molar-refractivity contribution is -0.117. The van der Waals surface area contributed by atoms with Crippen LogP contribution in [0.5, 0.6) is 0 Å². The molecule has 0 unspecified atom stereocenters. The van der Waals surface area contributed by atoms with Gasteiger partial charge in [-0.1, -0.05) is 45.0 Å². The highest BCUT2D eigenvalue weighted by Crippen LogP contribution is 2.30. The number of nitrogens with zero attached hydrogens (tertiary/aromatic N) is 2. The highest BCUT2D eigenvalue weighted by atomic mass is 19.1. The number of para-hydroxylation sites is 2. The molecule has 29 heavy (non-hydrogen) atoms. The molecule has 0 aliphatic carbocycles. The Morgan fingerprint density at radius 3 is 2.45 bits per heavy atom. The van der Waals surface area contributed by atoms with Crippen LogP contribution in [0, 0.1) is 11.2 Å². The van der Waals surface area contributed by atoms with E-state index in [1.807, 2.05) is 45.0 Å². The average molecular weight is 397 g/mol. The lowest BCUT2D eigenvalue weighted by Crippen LogP contribution is -2.49. The normalized spacial score (nSPS) is 14.8. The molecule has 5 nitrogen and oxygen atoms in total. The molecule has 0 radical (unpaired) electrons. The first kappa shape index (κ1) is 20.8. The Morgan fingerprint density at radius 1 is 1.07 bits per heavy atom. The molecule has 2 aromatic carbocycles. The fraction of sp³-hybridized carbons (Fsp3) is 0.391. The van der Waals surface area contributed by atoms with Crippen LogP contribution in [0.3, 0.4) is 0 Å². The molecule has 154 valence electrons. The first-order valence-electron chi connectivity index (χ1n) is 9.93. The maximum Gasteiger partial charge on any atom is 0.324 e. The van der Waals surface area contributed by atoms with E-state index >= 15 is 0 Å². The van der Waals surface area contributed by atoms with Gasteiger partial charge in [0, 0.05) is 26.1 Å². The van der Waals surface area contributed by atoms with Gasteiger partial charge in [-0.05, 0) is 41.7 Å². The van der Waals surface area contributed by atoms with Crippen LogP contribution in [0.25, 0.3) is 0 Å². The van der Waals surface area contributed by atoms with Crippen molar-refractivity contribution in [3.63, 3.8) is 0 Å². The molecule has 1 fully saturated rings. The number of urea groups is 1. The third-order valence-corrected chi connectivity index (χ3v) is 4.76. The second-order valence-electron chi connectivity index (χ2n) is 8.64. The number of carbonyl (C=O) groups excluding carboxylic acids is 2. The monoisotopic (exact) mass is 397 g/mol. The third-order valence-electron chi connectivity index (χ3n) is 4.76. The average Bonchev–Trinajstić information content (AvgIpc) is 2.64. The minimum atomic E-state index is -0.291. The fourth-order valence-electron chi connectivity index (χ4n) is 3.45. The van der Waals surface area contributed by atoms with Crippen molar-refractivity contribution in [3.8, 4) is 0 Å². The highest BCUT2D eigenvalue weighted by molar-refractivity contribution is 6.00. The highest BCUT2D eigenvalue weighted by Gasteiger charge is 2.28. The molecular formula is C23H28FN3O2. The number of carbonyl (C=O) groups is 2. The zero-order chi connectivity index (χ0) is 21.0. The Bertz CT molecular complexity index is 874. The summed E-state index contributed by atoms with van der Waals surface area (Å²) >= 11 is 0. The van der Waals surface area contributed by atoms with E-state index in [-0.39, 0.29) is 23.2 Å². The number of anilines is 2. The van der Waals surface area contributed by atoms with Crippen molar-refractivity contribution in [2.75, 3.05) is 23.3 Å². The van der Waals surface area contributed by atoms with Gasteiger partial charge >= 0.3 is 6.03 Å². The number of amides is 3. The molecule has 0 bridgehead atoms. The summed E-state index contributed by atoms with van der Waals surface area (Å²) in [4.78, 5) is 29.0. The van der Waals surface area contributed by atoms with Gasteiger partial charge < -0.3 is 10.2 Å². The number of rotatable bonds is 5. The standard InChI is InChI=1S/C23H28FN3O2/c1-23(2,3)15-21(28)25-19-7-4-5-8-20(19)27-14-6-13-26(22(27)29)16-17-9-11-18(24)12-10-17/h4-5,7-12H,6,13-16H2,1-3H3,(H,25,28). The maximum atomic E-state index is 13.2. The zero-order valence-electron chi connectivity index (χ0n) is 17.2. The molecule has 1 aliphatic heterocycles. The number of halogens is 1. The molecule has 0 atom stereocenters. The Labute approximate surface area is 171 Å². The summed E-state index contributed by atoms with van der Waals surface area (Å²) in [5.41, 5.74) is 2.10. The van der Waals surface area contributed by atoms with Crippen molar-refractivity contribution in [2.24, 2.45) is 5.41 Å². The van der Waals surface area contributed by atoms with Crippen molar-refractivity contribution in [2.45, 2.75) is 40.2 Å². The number of nitrogens with one attached hydrogen (secondary N) is 1. The topological polar surface area (TPSA) is 52.7 Å². The van der Waals surface area contributed by atoms with Gasteiger partial charge in [0.25, 0.3) is 0 Å². The van der Waals surface area contributed by atoms with E-state index in [0.717, 1.165) is 12.0 Å². The Kier molecular flexibility index (Phi) is 6.20. The molecule has 0 aromatic heterocycles. The second kappa shape index (κ2) is 8.64. The van der Waals surface area contributed by atoms with Crippen molar-refractivity contribution < 1.29 is 14.0 Å². The molecule has 1 N–H and O–H groups in total. The fourth-order valence-corrected chi connectivity index (χ4v) is 3.45. The van der Waals surface area contributed by atoms with Crippen LogP contribution in [0.1, 0.15) is 39.2 Å². The molecule has 1 heterocycles.